The van der Waals surface area contributed by atoms with Crippen molar-refractivity contribution in [2.45, 2.75) is 49.8 Å². The van der Waals surface area contributed by atoms with Crippen molar-refractivity contribution in [1.29, 1.82) is 0 Å². The van der Waals surface area contributed by atoms with Crippen molar-refractivity contribution in [3.63, 3.8) is 0 Å². The summed E-state index contributed by atoms with van der Waals surface area (Å²) in [5.74, 6) is -0.723. The van der Waals surface area contributed by atoms with Gasteiger partial charge in [-0.15, -0.1) is 0 Å². The molecule has 0 radical (unpaired) electrons. The Morgan fingerprint density at radius 2 is 2.19 bits per heavy atom. The van der Waals surface area contributed by atoms with Gasteiger partial charge in [0.2, 0.25) is 0 Å². The summed E-state index contributed by atoms with van der Waals surface area (Å²) in [6, 6.07) is 5.59. The van der Waals surface area contributed by atoms with Gasteiger partial charge in [-0.1, -0.05) is 36.6 Å². The highest BCUT2D eigenvalue weighted by Gasteiger charge is 2.16. The molecule has 1 aromatic heterocycles. The molecule has 5 nitrogen and oxygen atoms in total. The Labute approximate surface area is 133 Å². The van der Waals surface area contributed by atoms with Gasteiger partial charge in [0, 0.05) is 12.6 Å². The largest absolute Gasteiger partial charge is 0.341 e. The fourth-order valence-electron chi connectivity index (χ4n) is 1.32. The Morgan fingerprint density at radius 1 is 1.38 bits per heavy atom. The lowest BCUT2D eigenvalue weighted by Crippen LogP contribution is -2.32. The van der Waals surface area contributed by atoms with Crippen LogP contribution < -0.4 is 5.48 Å². The van der Waals surface area contributed by atoms with Crippen LogP contribution in [0.3, 0.4) is 0 Å². The second kappa shape index (κ2) is 10.5. The summed E-state index contributed by atoms with van der Waals surface area (Å²) >= 11 is 0. The van der Waals surface area contributed by atoms with Gasteiger partial charge in [0.25, 0.3) is 5.91 Å². The van der Waals surface area contributed by atoms with Crippen molar-refractivity contribution >= 4 is 33.5 Å². The summed E-state index contributed by atoms with van der Waals surface area (Å²) in [5.41, 5.74) is 2.20. The minimum Gasteiger partial charge on any atom is -0.341 e. The molecular formula is C14H20N2O3S2. The van der Waals surface area contributed by atoms with Gasteiger partial charge in [-0.3, -0.25) is 4.79 Å². The molecular weight excluding hydrogens is 308 g/mol. The van der Waals surface area contributed by atoms with Crippen LogP contribution >= 0.6 is 21.6 Å². The first-order chi connectivity index (χ1) is 10.1. The Balaban J connectivity index is 2.20. The van der Waals surface area contributed by atoms with E-state index in [0.717, 1.165) is 24.3 Å². The minimum absolute atomic E-state index is 0.327. The maximum Gasteiger partial charge on any atom is 0.332 e. The predicted molar refractivity (Wildman–Crippen MR) is 85.5 cm³/mol. The number of carbonyl (C=O) groups is 2. The van der Waals surface area contributed by atoms with Gasteiger partial charge in [-0.05, 0) is 36.3 Å². The quantitative estimate of drug-likeness (QED) is 0.448. The second-order valence-electron chi connectivity index (χ2n) is 4.39. The smallest absolute Gasteiger partial charge is 0.332 e. The fourth-order valence-corrected chi connectivity index (χ4v) is 3.23. The van der Waals surface area contributed by atoms with E-state index in [1.807, 2.05) is 18.2 Å². The lowest BCUT2D eigenvalue weighted by Gasteiger charge is -2.10. The van der Waals surface area contributed by atoms with E-state index >= 15 is 0 Å². The van der Waals surface area contributed by atoms with E-state index in [0.29, 0.717) is 6.42 Å². The minimum atomic E-state index is -0.397. The Bertz CT molecular complexity index is 443. The van der Waals surface area contributed by atoms with Crippen LogP contribution in [-0.2, 0) is 14.4 Å². The van der Waals surface area contributed by atoms with E-state index in [2.05, 4.69) is 17.4 Å². The summed E-state index contributed by atoms with van der Waals surface area (Å²) < 4.78 is 0. The monoisotopic (exact) mass is 328 g/mol. The number of unbranched alkanes of at least 4 members (excludes halogenated alkanes) is 2. The first-order valence-electron chi connectivity index (χ1n) is 6.87. The van der Waals surface area contributed by atoms with Gasteiger partial charge < -0.3 is 4.84 Å². The molecule has 0 saturated carbocycles. The molecule has 0 aliphatic rings. The number of amides is 1. The molecule has 1 heterocycles. The molecule has 0 aliphatic carbocycles. The SMILES string of the molecule is CCCCCC(=O)ONC(=O)C(C)SSc1ccccn1. The first kappa shape index (κ1) is 17.8. The molecule has 0 saturated heterocycles. The van der Waals surface area contributed by atoms with Gasteiger partial charge in [-0.2, -0.15) is 5.48 Å². The summed E-state index contributed by atoms with van der Waals surface area (Å²) in [5, 5.41) is 0.485. The average Bonchev–Trinajstić information content (AvgIpc) is 2.51. The second-order valence-corrected chi connectivity index (χ2v) is 6.95. The van der Waals surface area contributed by atoms with Crippen LogP contribution in [0.5, 0.6) is 0 Å². The summed E-state index contributed by atoms with van der Waals surface area (Å²) in [6.07, 6.45) is 4.84. The standard InChI is InChI=1S/C14H20N2O3S2/c1-3-4-5-9-13(17)19-16-14(18)11(2)20-21-12-8-6-7-10-15-12/h6-8,10-11H,3-5,9H2,1-2H3,(H,16,18). The predicted octanol–water partition coefficient (Wildman–Crippen LogP) is 3.37. The zero-order chi connectivity index (χ0) is 15.5. The molecule has 1 unspecified atom stereocenters. The Kier molecular flexibility index (Phi) is 8.93. The lowest BCUT2D eigenvalue weighted by atomic mass is 10.2. The van der Waals surface area contributed by atoms with Crippen LogP contribution in [0.1, 0.15) is 39.5 Å². The molecule has 116 valence electrons. The number of carbonyl (C=O) groups excluding carboxylic acids is 2. The summed E-state index contributed by atoms with van der Waals surface area (Å²) in [6.45, 7) is 3.81. The molecule has 7 heteroatoms. The van der Waals surface area contributed by atoms with Gasteiger partial charge >= 0.3 is 5.97 Å². The summed E-state index contributed by atoms with van der Waals surface area (Å²) in [7, 11) is 2.77. The highest BCUT2D eigenvalue weighted by atomic mass is 33.1. The molecule has 1 N–H and O–H groups in total. The van der Waals surface area contributed by atoms with E-state index < -0.39 is 5.97 Å². The molecule has 1 amide bonds. The molecule has 1 rings (SSSR count). The lowest BCUT2D eigenvalue weighted by molar-refractivity contribution is -0.158. The molecule has 1 atom stereocenters. The van der Waals surface area contributed by atoms with E-state index in [4.69, 9.17) is 4.84 Å². The normalized spacial score (nSPS) is 11.7. The molecule has 1 aromatic rings. The highest BCUT2D eigenvalue weighted by Crippen LogP contribution is 2.32. The van der Waals surface area contributed by atoms with E-state index in [1.54, 1.807) is 13.1 Å². The van der Waals surface area contributed by atoms with Gasteiger partial charge in [-0.25, -0.2) is 9.78 Å². The van der Waals surface area contributed by atoms with Crippen molar-refractivity contribution in [2.24, 2.45) is 0 Å². The molecule has 0 aliphatic heterocycles. The topological polar surface area (TPSA) is 68.3 Å². The van der Waals surface area contributed by atoms with Gasteiger partial charge in [0.15, 0.2) is 0 Å². The number of aromatic nitrogens is 1. The number of nitrogens with one attached hydrogen (secondary N) is 1. The Morgan fingerprint density at radius 3 is 2.86 bits per heavy atom. The van der Waals surface area contributed by atoms with Gasteiger partial charge in [0.05, 0.1) is 5.25 Å². The molecule has 0 fully saturated rings. The zero-order valence-corrected chi connectivity index (χ0v) is 13.8. The van der Waals surface area contributed by atoms with Gasteiger partial charge in [0.1, 0.15) is 5.03 Å². The third-order valence-electron chi connectivity index (χ3n) is 2.53. The number of rotatable bonds is 8. The van der Waals surface area contributed by atoms with Crippen LogP contribution in [0.2, 0.25) is 0 Å². The zero-order valence-electron chi connectivity index (χ0n) is 12.2. The van der Waals surface area contributed by atoms with E-state index in [9.17, 15) is 9.59 Å². The number of nitrogens with zero attached hydrogens (tertiary/aromatic N) is 1. The fraction of sp³-hybridized carbons (Fsp3) is 0.500. The third-order valence-corrected chi connectivity index (χ3v) is 5.21. The van der Waals surface area contributed by atoms with Crippen LogP contribution in [-0.4, -0.2) is 22.1 Å². The van der Waals surface area contributed by atoms with E-state index in [-0.39, 0.29) is 11.2 Å². The molecule has 0 aromatic carbocycles. The van der Waals surface area contributed by atoms with E-state index in [1.165, 1.54) is 21.6 Å². The average molecular weight is 328 g/mol. The maximum absolute atomic E-state index is 11.8. The highest BCUT2D eigenvalue weighted by molar-refractivity contribution is 8.77. The number of pyridine rings is 1. The van der Waals surface area contributed by atoms with Crippen LogP contribution in [0, 0.1) is 0 Å². The summed E-state index contributed by atoms with van der Waals surface area (Å²) in [4.78, 5) is 32.0. The third kappa shape index (κ3) is 7.96. The van der Waals surface area contributed by atoms with Crippen molar-refractivity contribution < 1.29 is 14.4 Å². The number of hydrogen-bond acceptors (Lipinski definition) is 6. The number of hydroxylamine groups is 1. The van der Waals surface area contributed by atoms with Crippen molar-refractivity contribution in [3.05, 3.63) is 24.4 Å². The first-order valence-corrected chi connectivity index (χ1v) is 9.08. The van der Waals surface area contributed by atoms with Crippen LogP contribution in [0.15, 0.2) is 29.4 Å². The molecule has 0 spiro atoms. The maximum atomic E-state index is 11.8. The van der Waals surface area contributed by atoms with Crippen molar-refractivity contribution in [1.82, 2.24) is 10.5 Å². The number of hydrogen-bond donors (Lipinski definition) is 1. The van der Waals surface area contributed by atoms with Crippen LogP contribution in [0.4, 0.5) is 0 Å². The van der Waals surface area contributed by atoms with Crippen molar-refractivity contribution in [2.75, 3.05) is 0 Å². The van der Waals surface area contributed by atoms with Crippen molar-refractivity contribution in [3.8, 4) is 0 Å². The Hall–Kier alpha value is -1.21. The molecule has 0 bridgehead atoms. The van der Waals surface area contributed by atoms with Crippen LogP contribution in [0.25, 0.3) is 0 Å². The molecule has 21 heavy (non-hydrogen) atoms.